The lowest BCUT2D eigenvalue weighted by Gasteiger charge is -2.41. The van der Waals surface area contributed by atoms with Crippen molar-refractivity contribution < 1.29 is 9.53 Å². The van der Waals surface area contributed by atoms with Gasteiger partial charge in [-0.05, 0) is 36.6 Å². The van der Waals surface area contributed by atoms with E-state index in [1.165, 1.54) is 11.3 Å². The second kappa shape index (κ2) is 3.95. The van der Waals surface area contributed by atoms with Crippen molar-refractivity contribution in [3.05, 3.63) is 23.8 Å². The van der Waals surface area contributed by atoms with Gasteiger partial charge in [0.2, 0.25) is 5.91 Å². The number of nitrogens with one attached hydrogen (secondary N) is 1. The summed E-state index contributed by atoms with van der Waals surface area (Å²) in [7, 11) is 1.68. The molecule has 1 aromatic rings. The molecule has 1 saturated heterocycles. The molecule has 0 spiro atoms. The molecule has 4 nitrogen and oxygen atoms in total. The molecule has 1 fully saturated rings. The first-order chi connectivity index (χ1) is 8.29. The van der Waals surface area contributed by atoms with Crippen LogP contribution in [0.1, 0.15) is 12.0 Å². The fraction of sp³-hybridized carbons (Fsp3) is 0.462. The number of rotatable bonds is 1. The van der Waals surface area contributed by atoms with Crippen LogP contribution in [0.25, 0.3) is 0 Å². The molecule has 2 aliphatic rings. The van der Waals surface area contributed by atoms with Gasteiger partial charge in [-0.3, -0.25) is 4.79 Å². The van der Waals surface area contributed by atoms with Gasteiger partial charge in [0, 0.05) is 18.8 Å². The SMILES string of the molecule is COc1ccc2c(c1)CCC1C(=O)NCCN21. The maximum atomic E-state index is 11.8. The van der Waals surface area contributed by atoms with Crippen molar-refractivity contribution in [2.24, 2.45) is 0 Å². The number of methoxy groups -OCH3 is 1. The van der Waals surface area contributed by atoms with Gasteiger partial charge >= 0.3 is 0 Å². The Morgan fingerprint density at radius 3 is 3.18 bits per heavy atom. The van der Waals surface area contributed by atoms with Crippen LogP contribution in [0.15, 0.2) is 18.2 Å². The van der Waals surface area contributed by atoms with Crippen LogP contribution in [-0.2, 0) is 11.2 Å². The van der Waals surface area contributed by atoms with E-state index in [4.69, 9.17) is 4.74 Å². The van der Waals surface area contributed by atoms with Crippen LogP contribution in [0.2, 0.25) is 0 Å². The summed E-state index contributed by atoms with van der Waals surface area (Å²) in [4.78, 5) is 14.0. The zero-order chi connectivity index (χ0) is 11.8. The summed E-state index contributed by atoms with van der Waals surface area (Å²) in [6.07, 6.45) is 1.84. The number of aryl methyl sites for hydroxylation is 1. The second-order valence-corrected chi connectivity index (χ2v) is 4.53. The molecule has 1 atom stereocenters. The third-order valence-corrected chi connectivity index (χ3v) is 3.61. The maximum absolute atomic E-state index is 11.8. The number of ether oxygens (including phenoxy) is 1. The molecule has 0 radical (unpaired) electrons. The molecular formula is C13H16N2O2. The van der Waals surface area contributed by atoms with Crippen LogP contribution >= 0.6 is 0 Å². The third kappa shape index (κ3) is 1.64. The van der Waals surface area contributed by atoms with Crippen LogP contribution in [0.4, 0.5) is 5.69 Å². The minimum absolute atomic E-state index is 0.0182. The van der Waals surface area contributed by atoms with Crippen molar-refractivity contribution in [2.75, 3.05) is 25.1 Å². The summed E-state index contributed by atoms with van der Waals surface area (Å²) in [6, 6.07) is 6.13. The molecule has 1 amide bonds. The van der Waals surface area contributed by atoms with Crippen LogP contribution in [-0.4, -0.2) is 32.1 Å². The summed E-state index contributed by atoms with van der Waals surface area (Å²) in [5, 5.41) is 2.93. The van der Waals surface area contributed by atoms with Crippen molar-refractivity contribution in [1.29, 1.82) is 0 Å². The van der Waals surface area contributed by atoms with Gasteiger partial charge in [-0.1, -0.05) is 0 Å². The number of nitrogens with zero attached hydrogens (tertiary/aromatic N) is 1. The van der Waals surface area contributed by atoms with Gasteiger partial charge in [-0.2, -0.15) is 0 Å². The van der Waals surface area contributed by atoms with Gasteiger partial charge < -0.3 is 15.0 Å². The lowest BCUT2D eigenvalue weighted by atomic mass is 9.94. The summed E-state index contributed by atoms with van der Waals surface area (Å²) >= 11 is 0. The minimum Gasteiger partial charge on any atom is -0.497 e. The molecular weight excluding hydrogens is 216 g/mol. The molecule has 0 bridgehead atoms. The molecule has 17 heavy (non-hydrogen) atoms. The van der Waals surface area contributed by atoms with E-state index in [0.29, 0.717) is 0 Å². The smallest absolute Gasteiger partial charge is 0.242 e. The number of amides is 1. The van der Waals surface area contributed by atoms with Gasteiger partial charge in [0.15, 0.2) is 0 Å². The van der Waals surface area contributed by atoms with Crippen molar-refractivity contribution in [1.82, 2.24) is 5.32 Å². The topological polar surface area (TPSA) is 41.6 Å². The Morgan fingerprint density at radius 2 is 2.35 bits per heavy atom. The average molecular weight is 232 g/mol. The number of hydrogen-bond donors (Lipinski definition) is 1. The Labute approximate surface area is 101 Å². The number of carbonyl (C=O) groups excluding carboxylic acids is 1. The Morgan fingerprint density at radius 1 is 1.47 bits per heavy atom. The lowest BCUT2D eigenvalue weighted by Crippen LogP contribution is -2.57. The zero-order valence-electron chi connectivity index (χ0n) is 9.90. The predicted octanol–water partition coefficient (Wildman–Crippen LogP) is 0.946. The molecule has 0 aliphatic carbocycles. The predicted molar refractivity (Wildman–Crippen MR) is 65.5 cm³/mol. The first-order valence-corrected chi connectivity index (χ1v) is 6.01. The monoisotopic (exact) mass is 232 g/mol. The maximum Gasteiger partial charge on any atom is 0.242 e. The van der Waals surface area contributed by atoms with E-state index < -0.39 is 0 Å². The molecule has 2 aliphatic heterocycles. The largest absolute Gasteiger partial charge is 0.497 e. The van der Waals surface area contributed by atoms with Crippen molar-refractivity contribution in [2.45, 2.75) is 18.9 Å². The van der Waals surface area contributed by atoms with Crippen LogP contribution < -0.4 is 15.0 Å². The molecule has 2 heterocycles. The molecule has 3 rings (SSSR count). The molecule has 1 N–H and O–H groups in total. The third-order valence-electron chi connectivity index (χ3n) is 3.61. The van der Waals surface area contributed by atoms with Crippen molar-refractivity contribution in [3.63, 3.8) is 0 Å². The highest BCUT2D eigenvalue weighted by molar-refractivity contribution is 5.87. The number of carbonyl (C=O) groups is 1. The highest BCUT2D eigenvalue weighted by Gasteiger charge is 2.33. The second-order valence-electron chi connectivity index (χ2n) is 4.53. The van der Waals surface area contributed by atoms with E-state index in [2.05, 4.69) is 22.3 Å². The minimum atomic E-state index is 0.0182. The van der Waals surface area contributed by atoms with Gasteiger partial charge in [-0.15, -0.1) is 0 Å². The van der Waals surface area contributed by atoms with Gasteiger partial charge in [0.25, 0.3) is 0 Å². The standard InChI is InChI=1S/C13H16N2O2/c1-17-10-3-5-11-9(8-10)2-4-12-13(16)14-6-7-15(11)12/h3,5,8,12H,2,4,6-7H2,1H3,(H,14,16). The van der Waals surface area contributed by atoms with Crippen LogP contribution in [0.3, 0.4) is 0 Å². The number of hydrogen-bond acceptors (Lipinski definition) is 3. The van der Waals surface area contributed by atoms with Crippen LogP contribution in [0.5, 0.6) is 5.75 Å². The quantitative estimate of drug-likeness (QED) is 0.783. The van der Waals surface area contributed by atoms with E-state index >= 15 is 0 Å². The highest BCUT2D eigenvalue weighted by atomic mass is 16.5. The Balaban J connectivity index is 1.98. The summed E-state index contributed by atoms with van der Waals surface area (Å²) in [6.45, 7) is 1.64. The fourth-order valence-corrected chi connectivity index (χ4v) is 2.75. The first kappa shape index (κ1) is 10.4. The summed E-state index contributed by atoms with van der Waals surface area (Å²) < 4.78 is 5.24. The van der Waals surface area contributed by atoms with E-state index in [0.717, 1.165) is 31.7 Å². The van der Waals surface area contributed by atoms with Gasteiger partial charge in [0.1, 0.15) is 11.8 Å². The normalized spacial score (nSPS) is 22.5. The molecule has 1 aromatic carbocycles. The van der Waals surface area contributed by atoms with Crippen LogP contribution in [0, 0.1) is 0 Å². The Hall–Kier alpha value is -1.71. The summed E-state index contributed by atoms with van der Waals surface area (Å²) in [5.41, 5.74) is 2.48. The molecule has 4 heteroatoms. The Kier molecular flexibility index (Phi) is 2.42. The highest BCUT2D eigenvalue weighted by Crippen LogP contribution is 2.33. The van der Waals surface area contributed by atoms with E-state index in [-0.39, 0.29) is 11.9 Å². The molecule has 1 unspecified atom stereocenters. The van der Waals surface area contributed by atoms with Crippen molar-refractivity contribution >= 4 is 11.6 Å². The van der Waals surface area contributed by atoms with Gasteiger partial charge in [0.05, 0.1) is 7.11 Å². The van der Waals surface area contributed by atoms with E-state index in [1.54, 1.807) is 7.11 Å². The number of anilines is 1. The molecule has 0 aromatic heterocycles. The molecule has 90 valence electrons. The zero-order valence-corrected chi connectivity index (χ0v) is 9.90. The summed E-state index contributed by atoms with van der Waals surface area (Å²) in [5.74, 6) is 1.06. The van der Waals surface area contributed by atoms with Gasteiger partial charge in [-0.25, -0.2) is 0 Å². The fourth-order valence-electron chi connectivity index (χ4n) is 2.75. The average Bonchev–Trinajstić information content (AvgIpc) is 2.38. The lowest BCUT2D eigenvalue weighted by molar-refractivity contribution is -0.123. The number of benzene rings is 1. The van der Waals surface area contributed by atoms with Crippen molar-refractivity contribution in [3.8, 4) is 5.75 Å². The number of piperazine rings is 1. The molecule has 0 saturated carbocycles. The Bertz CT molecular complexity index is 459. The number of fused-ring (bicyclic) bond motifs is 3. The van der Waals surface area contributed by atoms with E-state index in [1.807, 2.05) is 6.07 Å². The first-order valence-electron chi connectivity index (χ1n) is 6.01. The van der Waals surface area contributed by atoms with E-state index in [9.17, 15) is 4.79 Å².